The van der Waals surface area contributed by atoms with Gasteiger partial charge in [-0.25, -0.2) is 9.97 Å². The summed E-state index contributed by atoms with van der Waals surface area (Å²) < 4.78 is 2.43. The second-order valence-electron chi connectivity index (χ2n) is 15.0. The van der Waals surface area contributed by atoms with Crippen LogP contribution in [0.15, 0.2) is 176 Å². The van der Waals surface area contributed by atoms with Crippen LogP contribution >= 0.6 is 0 Å². The number of para-hydroxylation sites is 1. The number of aromatic nitrogens is 3. The summed E-state index contributed by atoms with van der Waals surface area (Å²) in [5.74, 6) is 0.713. The molecule has 10 aromatic rings. The molecule has 2 heterocycles. The number of fused-ring (bicyclic) bond motifs is 8. The fraction of sp³-hybridized carbons (Fsp3) is 0.0588. The molecule has 0 saturated carbocycles. The van der Waals surface area contributed by atoms with Crippen LogP contribution in [0.3, 0.4) is 0 Å². The second kappa shape index (κ2) is 11.6. The molecule has 0 radical (unpaired) electrons. The Morgan fingerprint density at radius 3 is 1.93 bits per heavy atom. The molecule has 0 spiro atoms. The molecule has 254 valence electrons. The predicted molar refractivity (Wildman–Crippen MR) is 225 cm³/mol. The average molecular weight is 690 g/mol. The van der Waals surface area contributed by atoms with E-state index >= 15 is 0 Å². The van der Waals surface area contributed by atoms with Crippen LogP contribution in [-0.2, 0) is 5.41 Å². The Morgan fingerprint density at radius 1 is 0.407 bits per heavy atom. The molecule has 1 aliphatic rings. The van der Waals surface area contributed by atoms with Crippen molar-refractivity contribution in [2.75, 3.05) is 0 Å². The van der Waals surface area contributed by atoms with Crippen LogP contribution in [0.2, 0.25) is 0 Å². The Kier molecular flexibility index (Phi) is 6.60. The minimum atomic E-state index is -0.106. The van der Waals surface area contributed by atoms with E-state index in [-0.39, 0.29) is 5.41 Å². The molecule has 2 aromatic heterocycles. The summed E-state index contributed by atoms with van der Waals surface area (Å²) in [4.78, 5) is 10.7. The molecule has 0 unspecified atom stereocenters. The predicted octanol–water partition coefficient (Wildman–Crippen LogP) is 13.2. The molecule has 54 heavy (non-hydrogen) atoms. The monoisotopic (exact) mass is 689 g/mol. The second-order valence-corrected chi connectivity index (χ2v) is 15.0. The third-order valence-electron chi connectivity index (χ3n) is 11.6. The third kappa shape index (κ3) is 4.55. The Balaban J connectivity index is 1.13. The topological polar surface area (TPSA) is 30.7 Å². The van der Waals surface area contributed by atoms with Crippen LogP contribution in [0.5, 0.6) is 0 Å². The van der Waals surface area contributed by atoms with E-state index in [2.05, 4.69) is 194 Å². The van der Waals surface area contributed by atoms with Gasteiger partial charge in [-0.15, -0.1) is 0 Å². The molecular weight excluding hydrogens is 655 g/mol. The molecule has 0 aliphatic heterocycles. The van der Waals surface area contributed by atoms with Gasteiger partial charge in [0.05, 0.1) is 28.1 Å². The van der Waals surface area contributed by atoms with Crippen LogP contribution < -0.4 is 0 Å². The van der Waals surface area contributed by atoms with Crippen molar-refractivity contribution in [3.8, 4) is 50.7 Å². The molecule has 8 aromatic carbocycles. The lowest BCUT2D eigenvalue weighted by Crippen LogP contribution is -2.14. The fourth-order valence-corrected chi connectivity index (χ4v) is 8.93. The van der Waals surface area contributed by atoms with Crippen LogP contribution in [0.1, 0.15) is 25.0 Å². The highest BCUT2D eigenvalue weighted by Crippen LogP contribution is 2.49. The first-order valence-electron chi connectivity index (χ1n) is 18.7. The lowest BCUT2D eigenvalue weighted by atomic mass is 9.82. The SMILES string of the molecule is CC1(C)c2ccccc2-c2ccc(-c3cc(-c4ccccc4)nc(-c4cccc5c(-n6c7ccccc7c7cc8ccccc8cc76)cccc45)n3)cc21. The molecule has 3 heteroatoms. The van der Waals surface area contributed by atoms with Crippen molar-refractivity contribution >= 4 is 43.4 Å². The van der Waals surface area contributed by atoms with E-state index in [1.807, 2.05) is 0 Å². The van der Waals surface area contributed by atoms with Crippen LogP contribution in [0.4, 0.5) is 0 Å². The summed E-state index contributed by atoms with van der Waals surface area (Å²) in [6, 6.07) is 63.5. The van der Waals surface area contributed by atoms with Gasteiger partial charge in [0.25, 0.3) is 0 Å². The Labute approximate surface area is 313 Å². The Hall–Kier alpha value is -6.84. The molecule has 1 aliphatic carbocycles. The van der Waals surface area contributed by atoms with Crippen molar-refractivity contribution < 1.29 is 0 Å². The first-order valence-corrected chi connectivity index (χ1v) is 18.7. The van der Waals surface area contributed by atoms with Gasteiger partial charge in [0.2, 0.25) is 0 Å². The molecule has 0 atom stereocenters. The molecule has 0 N–H and O–H groups in total. The summed E-state index contributed by atoms with van der Waals surface area (Å²) in [5, 5.41) is 7.24. The van der Waals surface area contributed by atoms with Gasteiger partial charge < -0.3 is 4.57 Å². The summed E-state index contributed by atoms with van der Waals surface area (Å²) in [5.41, 5.74) is 13.7. The van der Waals surface area contributed by atoms with Gasteiger partial charge in [-0.05, 0) is 74.8 Å². The third-order valence-corrected chi connectivity index (χ3v) is 11.6. The number of hydrogen-bond acceptors (Lipinski definition) is 2. The van der Waals surface area contributed by atoms with Crippen molar-refractivity contribution in [2.24, 2.45) is 0 Å². The van der Waals surface area contributed by atoms with Crippen LogP contribution in [0, 0.1) is 0 Å². The largest absolute Gasteiger partial charge is 0.309 e. The lowest BCUT2D eigenvalue weighted by Gasteiger charge is -2.22. The smallest absolute Gasteiger partial charge is 0.161 e. The van der Waals surface area contributed by atoms with E-state index in [9.17, 15) is 0 Å². The first-order chi connectivity index (χ1) is 26.5. The molecule has 11 rings (SSSR count). The Bertz CT molecular complexity index is 3130. The Morgan fingerprint density at radius 2 is 1.06 bits per heavy atom. The summed E-state index contributed by atoms with van der Waals surface area (Å²) in [7, 11) is 0. The van der Waals surface area contributed by atoms with E-state index in [1.54, 1.807) is 0 Å². The van der Waals surface area contributed by atoms with Gasteiger partial charge in [-0.1, -0.05) is 153 Å². The quantitative estimate of drug-likeness (QED) is 0.184. The highest BCUT2D eigenvalue weighted by atomic mass is 15.0. The summed E-state index contributed by atoms with van der Waals surface area (Å²) >= 11 is 0. The van der Waals surface area contributed by atoms with E-state index in [0.29, 0.717) is 5.82 Å². The maximum Gasteiger partial charge on any atom is 0.161 e. The normalized spacial score (nSPS) is 13.1. The number of hydrogen-bond donors (Lipinski definition) is 0. The van der Waals surface area contributed by atoms with Gasteiger partial charge in [0.15, 0.2) is 5.82 Å². The van der Waals surface area contributed by atoms with Crippen LogP contribution in [0.25, 0.3) is 94.1 Å². The van der Waals surface area contributed by atoms with Crippen molar-refractivity contribution in [1.29, 1.82) is 0 Å². The van der Waals surface area contributed by atoms with Crippen molar-refractivity contribution in [3.63, 3.8) is 0 Å². The van der Waals surface area contributed by atoms with Gasteiger partial charge in [-0.3, -0.25) is 0 Å². The fourth-order valence-electron chi connectivity index (χ4n) is 8.93. The van der Waals surface area contributed by atoms with Gasteiger partial charge >= 0.3 is 0 Å². The first kappa shape index (κ1) is 30.8. The van der Waals surface area contributed by atoms with E-state index in [1.165, 1.54) is 54.8 Å². The zero-order valence-corrected chi connectivity index (χ0v) is 30.1. The number of rotatable bonds is 4. The molecule has 0 bridgehead atoms. The molecule has 0 saturated heterocycles. The molecule has 0 fully saturated rings. The summed E-state index contributed by atoms with van der Waals surface area (Å²) in [6.45, 7) is 4.66. The van der Waals surface area contributed by atoms with E-state index in [0.717, 1.165) is 44.5 Å². The van der Waals surface area contributed by atoms with E-state index < -0.39 is 0 Å². The number of nitrogens with zero attached hydrogens (tertiary/aromatic N) is 3. The van der Waals surface area contributed by atoms with Gasteiger partial charge in [0, 0.05) is 38.3 Å². The zero-order chi connectivity index (χ0) is 36.0. The maximum absolute atomic E-state index is 5.38. The molecule has 3 nitrogen and oxygen atoms in total. The lowest BCUT2D eigenvalue weighted by molar-refractivity contribution is 0.660. The highest BCUT2D eigenvalue weighted by Gasteiger charge is 2.35. The number of benzene rings is 8. The standard InChI is InChI=1S/C51H35N3/c1-51(2)43-23-10-8-18-37(43)38-27-26-35(29-44(38)51)46-31-45(32-14-4-3-5-15-32)52-50(53-46)41-22-12-21-39-36(41)20-13-25-48(39)54-47-24-11-9-19-40(47)42-28-33-16-6-7-17-34(33)30-49(42)54/h3-31H,1-2H3. The van der Waals surface area contributed by atoms with Gasteiger partial charge in [-0.2, -0.15) is 0 Å². The van der Waals surface area contributed by atoms with Gasteiger partial charge in [0.1, 0.15) is 0 Å². The maximum atomic E-state index is 5.38. The summed E-state index contributed by atoms with van der Waals surface area (Å²) in [6.07, 6.45) is 0. The van der Waals surface area contributed by atoms with Crippen LogP contribution in [-0.4, -0.2) is 14.5 Å². The molecular formula is C51H35N3. The average Bonchev–Trinajstić information content (AvgIpc) is 3.66. The minimum absolute atomic E-state index is 0.106. The highest BCUT2D eigenvalue weighted by molar-refractivity contribution is 6.15. The van der Waals surface area contributed by atoms with Crippen molar-refractivity contribution in [3.05, 3.63) is 187 Å². The van der Waals surface area contributed by atoms with E-state index in [4.69, 9.17) is 9.97 Å². The zero-order valence-electron chi connectivity index (χ0n) is 30.1. The van der Waals surface area contributed by atoms with Crippen molar-refractivity contribution in [1.82, 2.24) is 14.5 Å². The molecule has 0 amide bonds. The van der Waals surface area contributed by atoms with Crippen molar-refractivity contribution in [2.45, 2.75) is 19.3 Å². The minimum Gasteiger partial charge on any atom is -0.309 e.